The minimum absolute atomic E-state index is 0.0215. The van der Waals surface area contributed by atoms with Crippen molar-refractivity contribution in [2.24, 2.45) is 5.92 Å². The fraction of sp³-hybridized carbons (Fsp3) is 0.846. The molecule has 2 amide bonds. The molecule has 17 heavy (non-hydrogen) atoms. The van der Waals surface area contributed by atoms with E-state index in [2.05, 4.69) is 19.2 Å². The topological polar surface area (TPSA) is 49.4 Å². The van der Waals surface area contributed by atoms with Crippen molar-refractivity contribution in [1.82, 2.24) is 10.2 Å². The number of nitrogens with one attached hydrogen (secondary N) is 1. The number of nitrogens with zero attached hydrogens (tertiary/aromatic N) is 1. The first-order valence-electron chi connectivity index (χ1n) is 6.42. The number of hydrogen-bond donors (Lipinski definition) is 1. The quantitative estimate of drug-likeness (QED) is 0.740. The Morgan fingerprint density at radius 3 is 2.24 bits per heavy atom. The highest BCUT2D eigenvalue weighted by molar-refractivity contribution is 5.78. The van der Waals surface area contributed by atoms with Gasteiger partial charge in [0.1, 0.15) is 0 Å². The molecule has 0 rings (SSSR count). The highest BCUT2D eigenvalue weighted by Gasteiger charge is 2.16. The van der Waals surface area contributed by atoms with Crippen molar-refractivity contribution in [2.45, 2.75) is 53.5 Å². The maximum absolute atomic E-state index is 11.5. The summed E-state index contributed by atoms with van der Waals surface area (Å²) in [6.45, 7) is 10.9. The summed E-state index contributed by atoms with van der Waals surface area (Å²) in [5.41, 5.74) is 0. The van der Waals surface area contributed by atoms with Crippen LogP contribution in [0.1, 0.15) is 47.5 Å². The van der Waals surface area contributed by atoms with Gasteiger partial charge in [0.25, 0.3) is 0 Å². The van der Waals surface area contributed by atoms with Crippen LogP contribution in [0.4, 0.5) is 0 Å². The summed E-state index contributed by atoms with van der Waals surface area (Å²) in [6.07, 6.45) is 1.30. The molecule has 0 aliphatic carbocycles. The van der Waals surface area contributed by atoms with Crippen LogP contribution >= 0.6 is 0 Å². The van der Waals surface area contributed by atoms with Gasteiger partial charge < -0.3 is 10.2 Å². The fourth-order valence-corrected chi connectivity index (χ4v) is 1.54. The number of carbonyl (C=O) groups is 2. The third kappa shape index (κ3) is 6.97. The van der Waals surface area contributed by atoms with Crippen LogP contribution in [0.5, 0.6) is 0 Å². The van der Waals surface area contributed by atoms with Gasteiger partial charge in [-0.3, -0.25) is 9.59 Å². The van der Waals surface area contributed by atoms with Crippen LogP contribution < -0.4 is 5.32 Å². The zero-order valence-corrected chi connectivity index (χ0v) is 11.7. The van der Waals surface area contributed by atoms with Gasteiger partial charge in [-0.05, 0) is 19.3 Å². The molecule has 0 aliphatic rings. The Bertz CT molecular complexity index is 252. The second kappa shape index (κ2) is 8.09. The average Bonchev–Trinajstić information content (AvgIpc) is 2.25. The Labute approximate surface area is 105 Å². The van der Waals surface area contributed by atoms with Crippen LogP contribution in [0, 0.1) is 5.92 Å². The monoisotopic (exact) mass is 242 g/mol. The molecule has 0 fully saturated rings. The lowest BCUT2D eigenvalue weighted by Crippen LogP contribution is -2.39. The maximum atomic E-state index is 11.5. The maximum Gasteiger partial charge on any atom is 0.221 e. The highest BCUT2D eigenvalue weighted by atomic mass is 16.2. The van der Waals surface area contributed by atoms with Crippen molar-refractivity contribution in [3.63, 3.8) is 0 Å². The van der Waals surface area contributed by atoms with E-state index in [4.69, 9.17) is 0 Å². The first kappa shape index (κ1) is 15.9. The van der Waals surface area contributed by atoms with E-state index in [1.165, 1.54) is 0 Å². The molecule has 100 valence electrons. The third-order valence-electron chi connectivity index (χ3n) is 2.81. The predicted octanol–water partition coefficient (Wildman–Crippen LogP) is 1.80. The molecule has 0 radical (unpaired) electrons. The lowest BCUT2D eigenvalue weighted by molar-refractivity contribution is -0.131. The molecule has 1 unspecified atom stereocenters. The summed E-state index contributed by atoms with van der Waals surface area (Å²) >= 11 is 0. The van der Waals surface area contributed by atoms with Gasteiger partial charge in [0.05, 0.1) is 0 Å². The van der Waals surface area contributed by atoms with Gasteiger partial charge in [-0.25, -0.2) is 0 Å². The first-order chi connectivity index (χ1) is 7.88. The second-order valence-electron chi connectivity index (χ2n) is 4.92. The number of amides is 2. The summed E-state index contributed by atoms with van der Waals surface area (Å²) < 4.78 is 0. The molecule has 0 heterocycles. The summed E-state index contributed by atoms with van der Waals surface area (Å²) in [4.78, 5) is 24.7. The van der Waals surface area contributed by atoms with Crippen LogP contribution in [-0.4, -0.2) is 35.8 Å². The Morgan fingerprint density at radius 1 is 1.24 bits per heavy atom. The normalized spacial score (nSPS) is 12.4. The first-order valence-corrected chi connectivity index (χ1v) is 6.42. The minimum atomic E-state index is 0.0215. The molecule has 0 saturated carbocycles. The zero-order valence-electron chi connectivity index (χ0n) is 11.7. The highest BCUT2D eigenvalue weighted by Crippen LogP contribution is 2.04. The third-order valence-corrected chi connectivity index (χ3v) is 2.81. The molecule has 4 nitrogen and oxygen atoms in total. The van der Waals surface area contributed by atoms with Crippen molar-refractivity contribution >= 4 is 11.8 Å². The van der Waals surface area contributed by atoms with E-state index in [1.807, 2.05) is 13.8 Å². The van der Waals surface area contributed by atoms with Gasteiger partial charge in [-0.15, -0.1) is 0 Å². The molecule has 0 aliphatic heterocycles. The van der Waals surface area contributed by atoms with Gasteiger partial charge in [0, 0.05) is 32.5 Å². The van der Waals surface area contributed by atoms with Crippen molar-refractivity contribution < 1.29 is 9.59 Å². The molecule has 1 atom stereocenters. The number of carbonyl (C=O) groups excluding carboxylic acids is 2. The Morgan fingerprint density at radius 2 is 1.82 bits per heavy atom. The largest absolute Gasteiger partial charge is 0.356 e. The zero-order chi connectivity index (χ0) is 13.4. The molecule has 0 aromatic carbocycles. The second-order valence-corrected chi connectivity index (χ2v) is 4.92. The number of rotatable bonds is 7. The van der Waals surface area contributed by atoms with E-state index >= 15 is 0 Å². The summed E-state index contributed by atoms with van der Waals surface area (Å²) in [5, 5.41) is 2.86. The van der Waals surface area contributed by atoms with E-state index in [-0.39, 0.29) is 17.9 Å². The van der Waals surface area contributed by atoms with E-state index in [0.29, 0.717) is 25.4 Å². The van der Waals surface area contributed by atoms with E-state index in [9.17, 15) is 9.59 Å². The van der Waals surface area contributed by atoms with Crippen LogP contribution in [0.3, 0.4) is 0 Å². The molecular formula is C13H26N2O2. The van der Waals surface area contributed by atoms with Gasteiger partial charge in [0.2, 0.25) is 11.8 Å². The van der Waals surface area contributed by atoms with Gasteiger partial charge in [0.15, 0.2) is 0 Å². The van der Waals surface area contributed by atoms with Crippen LogP contribution in [0.2, 0.25) is 0 Å². The van der Waals surface area contributed by atoms with E-state index < -0.39 is 0 Å². The molecule has 4 heteroatoms. The molecule has 1 N–H and O–H groups in total. The Balaban J connectivity index is 4.04. The summed E-state index contributed by atoms with van der Waals surface area (Å²) in [7, 11) is 0. The summed E-state index contributed by atoms with van der Waals surface area (Å²) in [6, 6.07) is 0.199. The molecule has 0 aromatic heterocycles. The molecule has 0 spiro atoms. The van der Waals surface area contributed by atoms with Gasteiger partial charge >= 0.3 is 0 Å². The van der Waals surface area contributed by atoms with Crippen LogP contribution in [0.25, 0.3) is 0 Å². The van der Waals surface area contributed by atoms with E-state index in [1.54, 1.807) is 11.8 Å². The van der Waals surface area contributed by atoms with Crippen molar-refractivity contribution in [2.75, 3.05) is 13.1 Å². The van der Waals surface area contributed by atoms with Gasteiger partial charge in [-0.1, -0.05) is 20.8 Å². The number of hydrogen-bond acceptors (Lipinski definition) is 2. The van der Waals surface area contributed by atoms with Crippen molar-refractivity contribution in [3.05, 3.63) is 0 Å². The lowest BCUT2D eigenvalue weighted by Gasteiger charge is -2.27. The predicted molar refractivity (Wildman–Crippen MR) is 69.6 cm³/mol. The van der Waals surface area contributed by atoms with Crippen LogP contribution in [-0.2, 0) is 9.59 Å². The lowest BCUT2D eigenvalue weighted by atomic mass is 10.2. The fourth-order valence-electron chi connectivity index (χ4n) is 1.54. The minimum Gasteiger partial charge on any atom is -0.356 e. The van der Waals surface area contributed by atoms with Gasteiger partial charge in [-0.2, -0.15) is 0 Å². The standard InChI is InChI=1S/C13H26N2O2/c1-6-11(4)15(12(5)16)8-7-13(17)14-9-10(2)3/h10-11H,6-9H2,1-5H3,(H,14,17). The summed E-state index contributed by atoms with van der Waals surface area (Å²) in [5.74, 6) is 0.515. The molecule has 0 bridgehead atoms. The average molecular weight is 242 g/mol. The molecular weight excluding hydrogens is 216 g/mol. The van der Waals surface area contributed by atoms with Crippen molar-refractivity contribution in [1.29, 1.82) is 0 Å². The van der Waals surface area contributed by atoms with Crippen LogP contribution in [0.15, 0.2) is 0 Å². The molecule has 0 aromatic rings. The SMILES string of the molecule is CCC(C)N(CCC(=O)NCC(C)C)C(C)=O. The Hall–Kier alpha value is -1.06. The molecule has 0 saturated heterocycles. The smallest absolute Gasteiger partial charge is 0.221 e. The Kier molecular flexibility index (Phi) is 7.59. The van der Waals surface area contributed by atoms with Crippen molar-refractivity contribution in [3.8, 4) is 0 Å². The van der Waals surface area contributed by atoms with E-state index in [0.717, 1.165) is 6.42 Å².